The summed E-state index contributed by atoms with van der Waals surface area (Å²) < 4.78 is 1.21. The first-order chi connectivity index (χ1) is 8.50. The lowest BCUT2D eigenvalue weighted by molar-refractivity contribution is -0.384. The van der Waals surface area contributed by atoms with Gasteiger partial charge in [0.1, 0.15) is 5.69 Å². The van der Waals surface area contributed by atoms with Gasteiger partial charge in [0.25, 0.3) is 5.69 Å². The molecule has 0 spiro atoms. The van der Waals surface area contributed by atoms with Gasteiger partial charge in [-0.3, -0.25) is 10.1 Å². The second-order valence-corrected chi connectivity index (χ2v) is 3.65. The van der Waals surface area contributed by atoms with Crippen molar-refractivity contribution in [2.24, 2.45) is 0 Å². The molecule has 0 atom stereocenters. The molecule has 2 aromatic rings. The van der Waals surface area contributed by atoms with Crippen LogP contribution in [0, 0.1) is 17.0 Å². The fourth-order valence-electron chi connectivity index (χ4n) is 1.65. The van der Waals surface area contributed by atoms with Crippen LogP contribution < -0.4 is 0 Å². The topological polar surface area (TPSA) is 98.3 Å². The number of aromatic nitrogens is 2. The van der Waals surface area contributed by atoms with E-state index in [-0.39, 0.29) is 17.1 Å². The molecule has 0 radical (unpaired) electrons. The van der Waals surface area contributed by atoms with E-state index in [9.17, 15) is 14.9 Å². The van der Waals surface area contributed by atoms with Crippen LogP contribution in [0.3, 0.4) is 0 Å². The van der Waals surface area contributed by atoms with Crippen molar-refractivity contribution >= 4 is 11.7 Å². The molecule has 1 aromatic carbocycles. The minimum absolute atomic E-state index is 0.116. The van der Waals surface area contributed by atoms with Crippen molar-refractivity contribution in [3.8, 4) is 5.69 Å². The van der Waals surface area contributed by atoms with E-state index in [1.807, 2.05) is 0 Å². The molecule has 0 unspecified atom stereocenters. The molecule has 2 rings (SSSR count). The average Bonchev–Trinajstić information content (AvgIpc) is 2.77. The summed E-state index contributed by atoms with van der Waals surface area (Å²) in [4.78, 5) is 21.2. The van der Waals surface area contributed by atoms with Crippen LogP contribution >= 0.6 is 0 Å². The number of rotatable bonds is 3. The van der Waals surface area contributed by atoms with Crippen LogP contribution in [0.5, 0.6) is 0 Å². The standard InChI is InChI=1S/C11H9N3O4/c1-7-3-2-4-9(14(17)18)10(7)13-6-5-8(12-13)11(15)16/h2-6H,1H3,(H,15,16). The third kappa shape index (κ3) is 1.93. The Balaban J connectivity index is 2.62. The summed E-state index contributed by atoms with van der Waals surface area (Å²) in [6.45, 7) is 1.70. The number of nitro benzene ring substituents is 1. The van der Waals surface area contributed by atoms with Gasteiger partial charge >= 0.3 is 5.97 Å². The van der Waals surface area contributed by atoms with Gasteiger partial charge < -0.3 is 5.11 Å². The molecule has 0 saturated heterocycles. The van der Waals surface area contributed by atoms with Crippen molar-refractivity contribution in [1.82, 2.24) is 9.78 Å². The summed E-state index contributed by atoms with van der Waals surface area (Å²) in [6.07, 6.45) is 1.39. The molecule has 0 saturated carbocycles. The Morgan fingerprint density at radius 2 is 2.17 bits per heavy atom. The molecular weight excluding hydrogens is 238 g/mol. The number of aromatic carboxylic acids is 1. The average molecular weight is 247 g/mol. The number of benzene rings is 1. The largest absolute Gasteiger partial charge is 0.476 e. The number of carboxylic acid groups (broad SMARTS) is 1. The van der Waals surface area contributed by atoms with Gasteiger partial charge in [-0.15, -0.1) is 0 Å². The van der Waals surface area contributed by atoms with Crippen LogP contribution in [-0.4, -0.2) is 25.8 Å². The zero-order valence-corrected chi connectivity index (χ0v) is 9.40. The van der Waals surface area contributed by atoms with Gasteiger partial charge in [0.15, 0.2) is 5.69 Å². The van der Waals surface area contributed by atoms with Gasteiger partial charge in [-0.25, -0.2) is 9.48 Å². The molecule has 1 aromatic heterocycles. The van der Waals surface area contributed by atoms with Crippen LogP contribution in [0.2, 0.25) is 0 Å². The molecule has 18 heavy (non-hydrogen) atoms. The Kier molecular flexibility index (Phi) is 2.80. The maximum Gasteiger partial charge on any atom is 0.356 e. The van der Waals surface area contributed by atoms with E-state index in [1.165, 1.54) is 23.0 Å². The third-order valence-corrected chi connectivity index (χ3v) is 2.45. The van der Waals surface area contributed by atoms with E-state index in [0.29, 0.717) is 5.56 Å². The molecule has 7 heteroatoms. The first kappa shape index (κ1) is 11.8. The highest BCUT2D eigenvalue weighted by atomic mass is 16.6. The Hall–Kier alpha value is -2.70. The molecular formula is C11H9N3O4. The normalized spacial score (nSPS) is 10.3. The first-order valence-corrected chi connectivity index (χ1v) is 5.04. The molecule has 7 nitrogen and oxygen atoms in total. The summed E-state index contributed by atoms with van der Waals surface area (Å²) in [7, 11) is 0. The summed E-state index contributed by atoms with van der Waals surface area (Å²) >= 11 is 0. The van der Waals surface area contributed by atoms with Gasteiger partial charge in [-0.05, 0) is 18.6 Å². The number of nitrogens with zero attached hydrogens (tertiary/aromatic N) is 3. The number of carboxylic acids is 1. The molecule has 0 aliphatic carbocycles. The molecule has 0 aliphatic heterocycles. The zero-order valence-electron chi connectivity index (χ0n) is 9.40. The minimum atomic E-state index is -1.18. The van der Waals surface area contributed by atoms with Crippen molar-refractivity contribution in [2.75, 3.05) is 0 Å². The Morgan fingerprint density at radius 1 is 1.44 bits per heavy atom. The number of hydrogen-bond donors (Lipinski definition) is 1. The monoisotopic (exact) mass is 247 g/mol. The predicted molar refractivity (Wildman–Crippen MR) is 61.9 cm³/mol. The van der Waals surface area contributed by atoms with E-state index in [1.54, 1.807) is 19.1 Å². The van der Waals surface area contributed by atoms with Crippen LogP contribution in [0.15, 0.2) is 30.5 Å². The Bertz CT molecular complexity index is 633. The maximum absolute atomic E-state index is 10.9. The van der Waals surface area contributed by atoms with Crippen molar-refractivity contribution in [3.05, 3.63) is 51.8 Å². The fraction of sp³-hybridized carbons (Fsp3) is 0.0909. The van der Waals surface area contributed by atoms with Crippen molar-refractivity contribution in [3.63, 3.8) is 0 Å². The Morgan fingerprint density at radius 3 is 2.72 bits per heavy atom. The molecule has 1 N–H and O–H groups in total. The minimum Gasteiger partial charge on any atom is -0.476 e. The van der Waals surface area contributed by atoms with Crippen LogP contribution in [-0.2, 0) is 0 Å². The smallest absolute Gasteiger partial charge is 0.356 e. The maximum atomic E-state index is 10.9. The Labute approximate surface area is 101 Å². The molecule has 0 amide bonds. The van der Waals surface area contributed by atoms with Crippen LogP contribution in [0.1, 0.15) is 16.1 Å². The molecule has 0 bridgehead atoms. The molecule has 1 heterocycles. The fourth-order valence-corrected chi connectivity index (χ4v) is 1.65. The number of carbonyl (C=O) groups is 1. The zero-order chi connectivity index (χ0) is 13.3. The van der Waals surface area contributed by atoms with Crippen molar-refractivity contribution < 1.29 is 14.8 Å². The summed E-state index contributed by atoms with van der Waals surface area (Å²) in [5.41, 5.74) is 0.641. The number of nitro groups is 1. The van der Waals surface area contributed by atoms with Gasteiger partial charge in [0, 0.05) is 12.3 Å². The van der Waals surface area contributed by atoms with Crippen molar-refractivity contribution in [1.29, 1.82) is 0 Å². The summed E-state index contributed by atoms with van der Waals surface area (Å²) in [5.74, 6) is -1.18. The molecule has 92 valence electrons. The van der Waals surface area contributed by atoms with Gasteiger partial charge in [0.2, 0.25) is 0 Å². The highest BCUT2D eigenvalue weighted by molar-refractivity contribution is 5.85. The van der Waals surface area contributed by atoms with E-state index >= 15 is 0 Å². The SMILES string of the molecule is Cc1cccc([N+](=O)[O-])c1-n1ccc(C(=O)O)n1. The van der Waals surface area contributed by atoms with E-state index in [0.717, 1.165) is 0 Å². The lowest BCUT2D eigenvalue weighted by Gasteiger charge is -2.06. The van der Waals surface area contributed by atoms with Crippen LogP contribution in [0.25, 0.3) is 5.69 Å². The lowest BCUT2D eigenvalue weighted by atomic mass is 10.2. The van der Waals surface area contributed by atoms with Gasteiger partial charge in [-0.2, -0.15) is 5.10 Å². The van der Waals surface area contributed by atoms with Crippen molar-refractivity contribution in [2.45, 2.75) is 6.92 Å². The van der Waals surface area contributed by atoms with E-state index < -0.39 is 10.9 Å². The highest BCUT2D eigenvalue weighted by Crippen LogP contribution is 2.25. The summed E-state index contributed by atoms with van der Waals surface area (Å²) in [6, 6.07) is 5.91. The number of hydrogen-bond acceptors (Lipinski definition) is 4. The van der Waals surface area contributed by atoms with Gasteiger partial charge in [0.05, 0.1) is 4.92 Å². The summed E-state index contributed by atoms with van der Waals surface area (Å²) in [5, 5.41) is 23.5. The lowest BCUT2D eigenvalue weighted by Crippen LogP contribution is -2.05. The van der Waals surface area contributed by atoms with E-state index in [2.05, 4.69) is 5.10 Å². The third-order valence-electron chi connectivity index (χ3n) is 2.45. The second kappa shape index (κ2) is 4.28. The van der Waals surface area contributed by atoms with Crippen LogP contribution in [0.4, 0.5) is 5.69 Å². The predicted octanol–water partition coefficient (Wildman–Crippen LogP) is 1.79. The van der Waals surface area contributed by atoms with E-state index in [4.69, 9.17) is 5.11 Å². The second-order valence-electron chi connectivity index (χ2n) is 3.65. The number of aryl methyl sites for hydroxylation is 1. The molecule has 0 aliphatic rings. The highest BCUT2D eigenvalue weighted by Gasteiger charge is 2.19. The number of para-hydroxylation sites is 1. The molecule has 0 fully saturated rings. The quantitative estimate of drug-likeness (QED) is 0.658. The first-order valence-electron chi connectivity index (χ1n) is 5.04. The van der Waals surface area contributed by atoms with Gasteiger partial charge in [-0.1, -0.05) is 12.1 Å².